The fourth-order valence-corrected chi connectivity index (χ4v) is 0.998. The van der Waals surface area contributed by atoms with Crippen LogP contribution in [0.15, 0.2) is 0 Å². The molecule has 12 heavy (non-hydrogen) atoms. The molecular weight excluding hydrogens is 182 g/mol. The zero-order valence-electron chi connectivity index (χ0n) is 7.24. The molecule has 0 spiro atoms. The van der Waals surface area contributed by atoms with E-state index >= 15 is 0 Å². The van der Waals surface area contributed by atoms with E-state index in [1.54, 1.807) is 13.8 Å². The van der Waals surface area contributed by atoms with E-state index in [0.717, 1.165) is 0 Å². The Kier molecular flexibility index (Phi) is 4.12. The van der Waals surface area contributed by atoms with Crippen LogP contribution in [0.3, 0.4) is 0 Å². The van der Waals surface area contributed by atoms with Crippen molar-refractivity contribution in [2.24, 2.45) is 0 Å². The first-order valence-electron chi connectivity index (χ1n) is 3.59. The normalized spacial score (nSPS) is 13.3. The van der Waals surface area contributed by atoms with Crippen LogP contribution in [-0.2, 0) is 10.1 Å². The lowest BCUT2D eigenvalue weighted by molar-refractivity contribution is 0.0805. The first-order valence-corrected chi connectivity index (χ1v) is 5.20. The van der Waals surface area contributed by atoms with Gasteiger partial charge in [-0.15, -0.1) is 0 Å². The van der Waals surface area contributed by atoms with Crippen LogP contribution in [0.25, 0.3) is 0 Å². The first kappa shape index (κ1) is 11.8. The maximum Gasteiger partial charge on any atom is 0.266 e. The Bertz CT molecular complexity index is 216. The van der Waals surface area contributed by atoms with Crippen molar-refractivity contribution in [2.75, 3.05) is 18.8 Å². The lowest BCUT2D eigenvalue weighted by atomic mass is 10.1. The van der Waals surface area contributed by atoms with Gasteiger partial charge in [0.05, 0.1) is 11.4 Å². The Balaban J connectivity index is 3.48. The molecule has 0 rings (SSSR count). The van der Waals surface area contributed by atoms with Crippen LogP contribution in [0.2, 0.25) is 0 Å². The van der Waals surface area contributed by atoms with Crippen molar-refractivity contribution >= 4 is 10.1 Å². The number of hydrogen-bond donors (Lipinski definition) is 3. The van der Waals surface area contributed by atoms with Gasteiger partial charge in [-0.3, -0.25) is 4.55 Å². The second-order valence-electron chi connectivity index (χ2n) is 3.28. The molecule has 0 saturated heterocycles. The summed E-state index contributed by atoms with van der Waals surface area (Å²) in [4.78, 5) is 0. The van der Waals surface area contributed by atoms with E-state index in [9.17, 15) is 13.5 Å². The fraction of sp³-hybridized carbons (Fsp3) is 1.00. The summed E-state index contributed by atoms with van der Waals surface area (Å²) in [6, 6.07) is 0. The minimum Gasteiger partial charge on any atom is -0.389 e. The van der Waals surface area contributed by atoms with Gasteiger partial charge in [0.1, 0.15) is 0 Å². The zero-order valence-corrected chi connectivity index (χ0v) is 8.06. The van der Waals surface area contributed by atoms with Crippen molar-refractivity contribution in [3.05, 3.63) is 0 Å². The van der Waals surface area contributed by atoms with Crippen LogP contribution in [-0.4, -0.2) is 42.5 Å². The molecule has 5 nitrogen and oxygen atoms in total. The number of rotatable bonds is 5. The lowest BCUT2D eigenvalue weighted by Crippen LogP contribution is -2.36. The summed E-state index contributed by atoms with van der Waals surface area (Å²) in [5.74, 6) is -0.330. The molecule has 0 aliphatic heterocycles. The van der Waals surface area contributed by atoms with Crippen LogP contribution in [0.5, 0.6) is 0 Å². The van der Waals surface area contributed by atoms with Crippen molar-refractivity contribution in [3.8, 4) is 0 Å². The molecule has 0 aliphatic carbocycles. The molecule has 74 valence electrons. The zero-order chi connectivity index (χ0) is 9.83. The van der Waals surface area contributed by atoms with Crippen molar-refractivity contribution < 1.29 is 18.1 Å². The van der Waals surface area contributed by atoms with E-state index in [0.29, 0.717) is 6.54 Å². The lowest BCUT2D eigenvalue weighted by Gasteiger charge is -2.17. The molecule has 0 radical (unpaired) electrons. The van der Waals surface area contributed by atoms with Gasteiger partial charge >= 0.3 is 0 Å². The monoisotopic (exact) mass is 197 g/mol. The molecule has 0 heterocycles. The molecule has 0 bridgehead atoms. The van der Waals surface area contributed by atoms with Crippen molar-refractivity contribution in [3.63, 3.8) is 0 Å². The van der Waals surface area contributed by atoms with E-state index in [1.165, 1.54) is 0 Å². The van der Waals surface area contributed by atoms with Gasteiger partial charge in [0.25, 0.3) is 10.1 Å². The van der Waals surface area contributed by atoms with E-state index in [4.69, 9.17) is 4.55 Å². The van der Waals surface area contributed by atoms with Crippen LogP contribution in [0.4, 0.5) is 0 Å². The summed E-state index contributed by atoms with van der Waals surface area (Å²) in [7, 11) is -3.89. The van der Waals surface area contributed by atoms with Gasteiger partial charge < -0.3 is 10.4 Å². The standard InChI is InChI=1S/C6H15NO4S/c1-6(2,8)5-7-3-4-12(9,10)11/h7-8H,3-5H2,1-2H3,(H,9,10,11). The van der Waals surface area contributed by atoms with Gasteiger partial charge in [0, 0.05) is 13.1 Å². The molecule has 0 unspecified atom stereocenters. The Morgan fingerprint density at radius 2 is 1.92 bits per heavy atom. The number of nitrogens with one attached hydrogen (secondary N) is 1. The third-order valence-corrected chi connectivity index (χ3v) is 1.81. The number of aliphatic hydroxyl groups is 1. The van der Waals surface area contributed by atoms with Crippen LogP contribution in [0.1, 0.15) is 13.8 Å². The van der Waals surface area contributed by atoms with Crippen molar-refractivity contribution in [1.29, 1.82) is 0 Å². The van der Waals surface area contributed by atoms with Crippen LogP contribution in [0, 0.1) is 0 Å². The molecule has 6 heteroatoms. The molecule has 0 atom stereocenters. The first-order chi connectivity index (χ1) is 5.21. The highest BCUT2D eigenvalue weighted by atomic mass is 32.2. The Labute approximate surface area is 72.5 Å². The van der Waals surface area contributed by atoms with Gasteiger partial charge in [-0.1, -0.05) is 0 Å². The van der Waals surface area contributed by atoms with Gasteiger partial charge in [0.15, 0.2) is 0 Å². The summed E-state index contributed by atoms with van der Waals surface area (Å²) in [5, 5.41) is 11.9. The summed E-state index contributed by atoms with van der Waals surface area (Å²) in [5.41, 5.74) is -0.862. The Morgan fingerprint density at radius 1 is 1.42 bits per heavy atom. The predicted octanol–water partition coefficient (Wildman–Crippen LogP) is -0.765. The average Bonchev–Trinajstić information content (AvgIpc) is 1.76. The van der Waals surface area contributed by atoms with E-state index in [2.05, 4.69) is 5.32 Å². The fourth-order valence-electron chi connectivity index (χ4n) is 0.595. The molecule has 0 aromatic rings. The Morgan fingerprint density at radius 3 is 2.25 bits per heavy atom. The van der Waals surface area contributed by atoms with E-state index in [1.807, 2.05) is 0 Å². The summed E-state index contributed by atoms with van der Waals surface area (Å²) < 4.78 is 28.7. The van der Waals surface area contributed by atoms with E-state index < -0.39 is 15.7 Å². The maximum atomic E-state index is 10.2. The topological polar surface area (TPSA) is 86.6 Å². The maximum absolute atomic E-state index is 10.2. The third kappa shape index (κ3) is 9.83. The van der Waals surface area contributed by atoms with Gasteiger partial charge in [-0.05, 0) is 13.8 Å². The second-order valence-corrected chi connectivity index (χ2v) is 4.85. The minimum absolute atomic E-state index is 0.142. The predicted molar refractivity (Wildman–Crippen MR) is 45.6 cm³/mol. The summed E-state index contributed by atoms with van der Waals surface area (Å²) in [6.45, 7) is 3.65. The molecule has 0 aromatic carbocycles. The molecule has 0 aromatic heterocycles. The quantitative estimate of drug-likeness (QED) is 0.398. The highest BCUT2D eigenvalue weighted by Gasteiger charge is 2.11. The van der Waals surface area contributed by atoms with E-state index in [-0.39, 0.29) is 12.3 Å². The molecule has 0 fully saturated rings. The molecule has 0 aliphatic rings. The van der Waals surface area contributed by atoms with Crippen LogP contribution < -0.4 is 5.32 Å². The van der Waals surface area contributed by atoms with Gasteiger partial charge in [-0.2, -0.15) is 8.42 Å². The van der Waals surface area contributed by atoms with Gasteiger partial charge in [-0.25, -0.2) is 0 Å². The summed E-state index contributed by atoms with van der Waals surface area (Å²) >= 11 is 0. The average molecular weight is 197 g/mol. The minimum atomic E-state index is -3.89. The molecule has 0 saturated carbocycles. The smallest absolute Gasteiger partial charge is 0.266 e. The highest BCUT2D eigenvalue weighted by molar-refractivity contribution is 7.85. The number of hydrogen-bond acceptors (Lipinski definition) is 4. The summed E-state index contributed by atoms with van der Waals surface area (Å²) in [6.07, 6.45) is 0. The highest BCUT2D eigenvalue weighted by Crippen LogP contribution is 1.96. The molecule has 0 amide bonds. The largest absolute Gasteiger partial charge is 0.389 e. The second kappa shape index (κ2) is 4.18. The molecular formula is C6H15NO4S. The van der Waals surface area contributed by atoms with Crippen molar-refractivity contribution in [2.45, 2.75) is 19.4 Å². The Hall–Kier alpha value is -0.170. The third-order valence-electron chi connectivity index (χ3n) is 1.09. The van der Waals surface area contributed by atoms with Crippen molar-refractivity contribution in [1.82, 2.24) is 5.32 Å². The molecule has 3 N–H and O–H groups in total. The van der Waals surface area contributed by atoms with Gasteiger partial charge in [0.2, 0.25) is 0 Å². The van der Waals surface area contributed by atoms with Crippen LogP contribution >= 0.6 is 0 Å². The SMILES string of the molecule is CC(C)(O)CNCCS(=O)(=O)O.